The van der Waals surface area contributed by atoms with E-state index in [1.807, 2.05) is 0 Å². The number of cyclic esters (lactones) is 1. The Morgan fingerprint density at radius 2 is 1.74 bits per heavy atom. The zero-order valence-corrected chi connectivity index (χ0v) is 16.2. The number of aliphatic imine (C=N–C) groups is 1. The van der Waals surface area contributed by atoms with E-state index in [0.29, 0.717) is 38.4 Å². The summed E-state index contributed by atoms with van der Waals surface area (Å²) >= 11 is 12.1. The van der Waals surface area contributed by atoms with Gasteiger partial charge in [-0.1, -0.05) is 23.2 Å². The fourth-order valence-corrected chi connectivity index (χ4v) is 3.06. The van der Waals surface area contributed by atoms with Crippen LogP contribution in [0.25, 0.3) is 6.08 Å². The molecule has 2 aromatic rings. The molecule has 0 radical (unpaired) electrons. The lowest BCUT2D eigenvalue weighted by Gasteiger charge is -2.14. The van der Waals surface area contributed by atoms with Gasteiger partial charge in [-0.3, -0.25) is 0 Å². The van der Waals surface area contributed by atoms with Gasteiger partial charge in [0.05, 0.1) is 31.9 Å². The number of nitrogens with zero attached hydrogens (tertiary/aromatic N) is 1. The van der Waals surface area contributed by atoms with Crippen molar-refractivity contribution in [1.82, 2.24) is 0 Å². The van der Waals surface area contributed by atoms with Crippen molar-refractivity contribution < 1.29 is 23.7 Å². The van der Waals surface area contributed by atoms with Crippen molar-refractivity contribution >= 4 is 41.1 Å². The van der Waals surface area contributed by atoms with Gasteiger partial charge in [0.2, 0.25) is 11.6 Å². The molecule has 1 aliphatic rings. The van der Waals surface area contributed by atoms with Gasteiger partial charge >= 0.3 is 5.97 Å². The number of benzene rings is 2. The maximum Gasteiger partial charge on any atom is 0.363 e. The Hall–Kier alpha value is -2.70. The van der Waals surface area contributed by atoms with Crippen LogP contribution in [0.15, 0.2) is 41.0 Å². The molecule has 0 aliphatic carbocycles. The lowest BCUT2D eigenvalue weighted by molar-refractivity contribution is -0.129. The molecular formula is C19H15Cl2NO5. The maximum atomic E-state index is 12.2. The predicted molar refractivity (Wildman–Crippen MR) is 103 cm³/mol. The molecule has 0 bridgehead atoms. The van der Waals surface area contributed by atoms with Crippen LogP contribution >= 0.6 is 23.2 Å². The van der Waals surface area contributed by atoms with Gasteiger partial charge in [-0.15, -0.1) is 0 Å². The zero-order chi connectivity index (χ0) is 19.6. The van der Waals surface area contributed by atoms with Gasteiger partial charge in [-0.05, 0) is 36.4 Å². The quantitative estimate of drug-likeness (QED) is 0.543. The van der Waals surface area contributed by atoms with E-state index >= 15 is 0 Å². The molecule has 2 aromatic carbocycles. The third kappa shape index (κ3) is 3.72. The van der Waals surface area contributed by atoms with Gasteiger partial charge in [-0.25, -0.2) is 9.79 Å². The van der Waals surface area contributed by atoms with E-state index in [1.165, 1.54) is 21.3 Å². The van der Waals surface area contributed by atoms with Crippen LogP contribution in [0, 0.1) is 0 Å². The fourth-order valence-electron chi connectivity index (χ4n) is 2.57. The van der Waals surface area contributed by atoms with Crippen LogP contribution < -0.4 is 14.2 Å². The summed E-state index contributed by atoms with van der Waals surface area (Å²) < 4.78 is 21.3. The predicted octanol–water partition coefficient (Wildman–Crippen LogP) is 4.36. The third-order valence-electron chi connectivity index (χ3n) is 3.81. The van der Waals surface area contributed by atoms with Crippen LogP contribution in [0.1, 0.15) is 11.1 Å². The number of carbonyl (C=O) groups excluding carboxylic acids is 1. The van der Waals surface area contributed by atoms with Crippen molar-refractivity contribution in [2.24, 2.45) is 4.99 Å². The Morgan fingerprint density at radius 1 is 1.00 bits per heavy atom. The molecular weight excluding hydrogens is 393 g/mol. The van der Waals surface area contributed by atoms with Crippen molar-refractivity contribution in [3.63, 3.8) is 0 Å². The zero-order valence-electron chi connectivity index (χ0n) is 14.7. The number of rotatable bonds is 5. The molecule has 8 heteroatoms. The number of halogens is 2. The highest BCUT2D eigenvalue weighted by Gasteiger charge is 2.26. The first-order valence-electron chi connectivity index (χ1n) is 7.75. The molecule has 27 heavy (non-hydrogen) atoms. The van der Waals surface area contributed by atoms with Crippen molar-refractivity contribution in [2.75, 3.05) is 21.3 Å². The second-order valence-corrected chi connectivity index (χ2v) is 6.23. The maximum absolute atomic E-state index is 12.2. The van der Waals surface area contributed by atoms with Crippen LogP contribution in [0.5, 0.6) is 17.2 Å². The molecule has 1 aliphatic heterocycles. The average Bonchev–Trinajstić information content (AvgIpc) is 3.01. The molecule has 0 spiro atoms. The molecule has 0 unspecified atom stereocenters. The molecule has 0 amide bonds. The number of ether oxygens (including phenoxy) is 4. The van der Waals surface area contributed by atoms with Crippen LogP contribution in [0.2, 0.25) is 10.0 Å². The molecule has 0 saturated carbocycles. The molecule has 0 aromatic heterocycles. The van der Waals surface area contributed by atoms with Crippen LogP contribution in [-0.4, -0.2) is 33.2 Å². The van der Waals surface area contributed by atoms with E-state index in [4.69, 9.17) is 42.1 Å². The van der Waals surface area contributed by atoms with Crippen LogP contribution in [0.4, 0.5) is 0 Å². The highest BCUT2D eigenvalue weighted by Crippen LogP contribution is 2.41. The molecule has 0 N–H and O–H groups in total. The van der Waals surface area contributed by atoms with Gasteiger partial charge in [-0.2, -0.15) is 0 Å². The number of esters is 1. The Kier molecular flexibility index (Phi) is 5.58. The number of carbonyl (C=O) groups is 1. The van der Waals surface area contributed by atoms with Crippen molar-refractivity contribution in [2.45, 2.75) is 0 Å². The van der Waals surface area contributed by atoms with E-state index in [0.717, 1.165) is 0 Å². The summed E-state index contributed by atoms with van der Waals surface area (Å²) in [5.74, 6) is 0.818. The molecule has 1 heterocycles. The molecule has 0 fully saturated rings. The van der Waals surface area contributed by atoms with Crippen LogP contribution in [0.3, 0.4) is 0 Å². The van der Waals surface area contributed by atoms with E-state index < -0.39 is 5.97 Å². The summed E-state index contributed by atoms with van der Waals surface area (Å²) in [7, 11) is 4.52. The van der Waals surface area contributed by atoms with Crippen LogP contribution in [-0.2, 0) is 9.53 Å². The Bertz CT molecular complexity index is 969. The minimum absolute atomic E-state index is 0.0986. The molecule has 0 saturated heterocycles. The van der Waals surface area contributed by atoms with Crippen molar-refractivity contribution in [1.29, 1.82) is 0 Å². The summed E-state index contributed by atoms with van der Waals surface area (Å²) in [6.45, 7) is 0. The van der Waals surface area contributed by atoms with Crippen molar-refractivity contribution in [3.05, 3.63) is 57.2 Å². The number of hydrogen-bond donors (Lipinski definition) is 0. The first kappa shape index (κ1) is 19.1. The summed E-state index contributed by atoms with van der Waals surface area (Å²) in [6, 6.07) is 8.25. The smallest absolute Gasteiger partial charge is 0.363 e. The van der Waals surface area contributed by atoms with E-state index in [9.17, 15) is 4.79 Å². The molecule has 3 rings (SSSR count). The minimum atomic E-state index is -0.604. The van der Waals surface area contributed by atoms with Gasteiger partial charge < -0.3 is 18.9 Å². The van der Waals surface area contributed by atoms with E-state index in [1.54, 1.807) is 36.4 Å². The second kappa shape index (κ2) is 7.90. The van der Waals surface area contributed by atoms with Gasteiger partial charge in [0.1, 0.15) is 0 Å². The fraction of sp³-hybridized carbons (Fsp3) is 0.158. The summed E-state index contributed by atoms with van der Waals surface area (Å²) in [6.07, 6.45) is 1.54. The highest BCUT2D eigenvalue weighted by molar-refractivity contribution is 6.37. The molecule has 140 valence electrons. The van der Waals surface area contributed by atoms with E-state index in [-0.39, 0.29) is 11.6 Å². The highest BCUT2D eigenvalue weighted by atomic mass is 35.5. The lowest BCUT2D eigenvalue weighted by atomic mass is 10.1. The summed E-state index contributed by atoms with van der Waals surface area (Å²) in [5, 5.41) is 0.804. The monoisotopic (exact) mass is 407 g/mol. The van der Waals surface area contributed by atoms with Gasteiger partial charge in [0.15, 0.2) is 17.2 Å². The largest absolute Gasteiger partial charge is 0.493 e. The standard InChI is InChI=1S/C19H15Cl2NO5/c1-24-15-7-4-10(16(25-2)17(15)26-3)8-14-19(23)27-18(22-14)12-6-5-11(20)9-13(12)21/h4-9H,1-3H3/b14-8+. The van der Waals surface area contributed by atoms with Gasteiger partial charge in [0.25, 0.3) is 0 Å². The Labute approximate surface area is 165 Å². The topological polar surface area (TPSA) is 66.4 Å². The van der Waals surface area contributed by atoms with Gasteiger partial charge in [0, 0.05) is 10.6 Å². The number of methoxy groups -OCH3 is 3. The molecule has 0 atom stereocenters. The summed E-state index contributed by atoms with van der Waals surface area (Å²) in [5.41, 5.74) is 1.15. The Balaban J connectivity index is 2.05. The van der Waals surface area contributed by atoms with Crippen molar-refractivity contribution in [3.8, 4) is 17.2 Å². The SMILES string of the molecule is COc1ccc(/C=C2/N=C(c3ccc(Cl)cc3Cl)OC2=O)c(OC)c1OC. The lowest BCUT2D eigenvalue weighted by Crippen LogP contribution is -2.06. The summed E-state index contributed by atoms with van der Waals surface area (Å²) in [4.78, 5) is 16.5. The first-order valence-corrected chi connectivity index (χ1v) is 8.51. The minimum Gasteiger partial charge on any atom is -0.493 e. The van der Waals surface area contributed by atoms with E-state index in [2.05, 4.69) is 4.99 Å². The molecule has 6 nitrogen and oxygen atoms in total. The second-order valence-electron chi connectivity index (χ2n) is 5.38. The third-order valence-corrected chi connectivity index (χ3v) is 4.36. The number of hydrogen-bond acceptors (Lipinski definition) is 6. The average molecular weight is 408 g/mol. The Morgan fingerprint density at radius 3 is 2.37 bits per heavy atom. The first-order chi connectivity index (χ1) is 13.0. The normalized spacial score (nSPS) is 14.8.